The summed E-state index contributed by atoms with van der Waals surface area (Å²) < 4.78 is 10.8. The van der Waals surface area contributed by atoms with Crippen LogP contribution >= 0.6 is 23.6 Å². The van der Waals surface area contributed by atoms with Crippen LogP contribution in [0.15, 0.2) is 0 Å². The highest BCUT2D eigenvalue weighted by Gasteiger charge is 2.24. The fourth-order valence-corrected chi connectivity index (χ4v) is 3.75. The quantitative estimate of drug-likeness (QED) is 0.820. The normalized spacial score (nSPS) is 19.7. The summed E-state index contributed by atoms with van der Waals surface area (Å²) in [6, 6.07) is 0. The molecule has 0 amide bonds. The Balaban J connectivity index is 1.88. The number of nitrogens with zero attached hydrogens (tertiary/aromatic N) is 3. The van der Waals surface area contributed by atoms with Gasteiger partial charge in [0.15, 0.2) is 10.9 Å². The van der Waals surface area contributed by atoms with Gasteiger partial charge < -0.3 is 24.6 Å². The number of thiocarbonyl (C=S) groups is 1. The molecule has 0 saturated carbocycles. The number of anilines is 2. The number of hydrogen-bond acceptors (Lipinski definition) is 7. The molecule has 2 aliphatic rings. The fourth-order valence-electron chi connectivity index (χ4n) is 2.44. The van der Waals surface area contributed by atoms with Crippen LogP contribution in [-0.2, 0) is 9.47 Å². The number of rotatable bonds is 3. The molecule has 21 heavy (non-hydrogen) atoms. The maximum atomic E-state index is 5.45. The first kappa shape index (κ1) is 15.0. The van der Waals surface area contributed by atoms with Crippen LogP contribution in [0, 0.1) is 0 Å². The molecule has 0 atom stereocenters. The Kier molecular flexibility index (Phi) is 4.89. The molecule has 3 heterocycles. The van der Waals surface area contributed by atoms with Crippen molar-refractivity contribution < 1.29 is 9.47 Å². The zero-order chi connectivity index (χ0) is 14.7. The topological polar surface area (TPSA) is 49.9 Å². The zero-order valence-electron chi connectivity index (χ0n) is 12.1. The molecule has 1 aromatic heterocycles. The van der Waals surface area contributed by atoms with E-state index in [9.17, 15) is 0 Å². The standard InChI is InChI=1S/C13H20N4O2S2/c1-14-12(20)10-11(16-2-6-18-7-3-16)15-13(21-10)17-4-8-19-9-5-17/h2-9H2,1H3,(H,14,20). The monoisotopic (exact) mass is 328 g/mol. The molecule has 0 unspecified atom stereocenters. The van der Waals surface area contributed by atoms with Gasteiger partial charge in [0.2, 0.25) is 0 Å². The van der Waals surface area contributed by atoms with Crippen LogP contribution in [0.4, 0.5) is 10.9 Å². The van der Waals surface area contributed by atoms with Crippen LogP contribution in [0.25, 0.3) is 0 Å². The van der Waals surface area contributed by atoms with E-state index < -0.39 is 0 Å². The van der Waals surface area contributed by atoms with Gasteiger partial charge in [-0.1, -0.05) is 23.6 Å². The predicted octanol–water partition coefficient (Wildman–Crippen LogP) is 0.711. The smallest absolute Gasteiger partial charge is 0.188 e. The van der Waals surface area contributed by atoms with Crippen molar-refractivity contribution in [3.63, 3.8) is 0 Å². The SMILES string of the molecule is CNC(=S)c1sc(N2CCOCC2)nc1N1CCOCC1. The summed E-state index contributed by atoms with van der Waals surface area (Å²) >= 11 is 7.12. The Labute approximate surface area is 134 Å². The third kappa shape index (κ3) is 3.28. The number of hydrogen-bond donors (Lipinski definition) is 1. The lowest BCUT2D eigenvalue weighted by molar-refractivity contribution is 0.122. The maximum absolute atomic E-state index is 5.45. The summed E-state index contributed by atoms with van der Waals surface area (Å²) in [6.45, 7) is 6.53. The van der Waals surface area contributed by atoms with Gasteiger partial charge in [0.1, 0.15) is 9.87 Å². The molecule has 8 heteroatoms. The minimum Gasteiger partial charge on any atom is -0.378 e. The molecule has 1 N–H and O–H groups in total. The van der Waals surface area contributed by atoms with E-state index in [0.717, 1.165) is 73.4 Å². The van der Waals surface area contributed by atoms with E-state index in [1.165, 1.54) is 0 Å². The molecule has 2 fully saturated rings. The second-order valence-corrected chi connectivity index (χ2v) is 6.31. The van der Waals surface area contributed by atoms with Crippen molar-refractivity contribution in [3.8, 4) is 0 Å². The number of nitrogens with one attached hydrogen (secondary N) is 1. The molecule has 116 valence electrons. The number of ether oxygens (including phenoxy) is 2. The Morgan fingerprint density at radius 3 is 2.24 bits per heavy atom. The van der Waals surface area contributed by atoms with Crippen LogP contribution in [0.5, 0.6) is 0 Å². The van der Waals surface area contributed by atoms with Crippen molar-refractivity contribution >= 4 is 39.5 Å². The summed E-state index contributed by atoms with van der Waals surface area (Å²) in [4.78, 5) is 11.2. The van der Waals surface area contributed by atoms with Crippen molar-refractivity contribution in [3.05, 3.63) is 4.88 Å². The van der Waals surface area contributed by atoms with E-state index in [2.05, 4.69) is 15.1 Å². The average molecular weight is 328 g/mol. The third-order valence-electron chi connectivity index (χ3n) is 3.62. The Hall–Kier alpha value is -0.960. The molecule has 6 nitrogen and oxygen atoms in total. The van der Waals surface area contributed by atoms with Crippen LogP contribution in [0.3, 0.4) is 0 Å². The lowest BCUT2D eigenvalue weighted by Crippen LogP contribution is -2.38. The van der Waals surface area contributed by atoms with E-state index >= 15 is 0 Å². The number of morpholine rings is 2. The van der Waals surface area contributed by atoms with Crippen LogP contribution < -0.4 is 15.1 Å². The number of aromatic nitrogens is 1. The number of thiazole rings is 1. The van der Waals surface area contributed by atoms with E-state index in [-0.39, 0.29) is 0 Å². The van der Waals surface area contributed by atoms with Gasteiger partial charge >= 0.3 is 0 Å². The van der Waals surface area contributed by atoms with Crippen molar-refractivity contribution in [2.24, 2.45) is 0 Å². The minimum absolute atomic E-state index is 0.746. The van der Waals surface area contributed by atoms with Crippen molar-refractivity contribution in [1.29, 1.82) is 0 Å². The minimum atomic E-state index is 0.746. The summed E-state index contributed by atoms with van der Waals surface area (Å²) in [5, 5.41) is 4.11. The third-order valence-corrected chi connectivity index (χ3v) is 5.28. The first-order valence-corrected chi connectivity index (χ1v) is 8.40. The van der Waals surface area contributed by atoms with Crippen molar-refractivity contribution in [2.45, 2.75) is 0 Å². The summed E-state index contributed by atoms with van der Waals surface area (Å²) in [5.41, 5.74) is 0. The van der Waals surface area contributed by atoms with Crippen LogP contribution in [0.2, 0.25) is 0 Å². The van der Waals surface area contributed by atoms with E-state index in [0.29, 0.717) is 0 Å². The van der Waals surface area contributed by atoms with Crippen LogP contribution in [-0.4, -0.2) is 69.6 Å². The van der Waals surface area contributed by atoms with E-state index in [1.54, 1.807) is 11.3 Å². The van der Waals surface area contributed by atoms with E-state index in [1.807, 2.05) is 7.05 Å². The average Bonchev–Trinajstić information content (AvgIpc) is 3.01. The maximum Gasteiger partial charge on any atom is 0.188 e. The second kappa shape index (κ2) is 6.87. The predicted molar refractivity (Wildman–Crippen MR) is 88.9 cm³/mol. The molecule has 0 spiro atoms. The Morgan fingerprint density at radius 1 is 1.10 bits per heavy atom. The van der Waals surface area contributed by atoms with Gasteiger partial charge in [-0.2, -0.15) is 0 Å². The lowest BCUT2D eigenvalue weighted by Gasteiger charge is -2.28. The molecule has 0 aromatic carbocycles. The highest BCUT2D eigenvalue weighted by Crippen LogP contribution is 2.33. The highest BCUT2D eigenvalue weighted by molar-refractivity contribution is 7.81. The molecular formula is C13H20N4O2S2. The molecule has 2 aliphatic heterocycles. The first-order chi connectivity index (χ1) is 10.3. The van der Waals surface area contributed by atoms with Crippen molar-refractivity contribution in [1.82, 2.24) is 10.3 Å². The molecule has 3 rings (SSSR count). The van der Waals surface area contributed by atoms with Gasteiger partial charge in [0, 0.05) is 33.2 Å². The fraction of sp³-hybridized carbons (Fsp3) is 0.692. The van der Waals surface area contributed by atoms with Gasteiger partial charge in [0.25, 0.3) is 0 Å². The molecule has 0 radical (unpaired) electrons. The summed E-state index contributed by atoms with van der Waals surface area (Å²) in [5.74, 6) is 0.990. The Morgan fingerprint density at radius 2 is 1.67 bits per heavy atom. The van der Waals surface area contributed by atoms with Gasteiger partial charge in [-0.25, -0.2) is 4.98 Å². The first-order valence-electron chi connectivity index (χ1n) is 7.18. The largest absolute Gasteiger partial charge is 0.378 e. The second-order valence-electron chi connectivity index (χ2n) is 4.93. The van der Waals surface area contributed by atoms with Gasteiger partial charge in [0.05, 0.1) is 26.4 Å². The van der Waals surface area contributed by atoms with Gasteiger partial charge in [-0.15, -0.1) is 0 Å². The summed E-state index contributed by atoms with van der Waals surface area (Å²) in [6.07, 6.45) is 0. The van der Waals surface area contributed by atoms with Crippen LogP contribution in [0.1, 0.15) is 4.88 Å². The van der Waals surface area contributed by atoms with Crippen molar-refractivity contribution in [2.75, 3.05) is 69.5 Å². The van der Waals surface area contributed by atoms with Gasteiger partial charge in [-0.05, 0) is 0 Å². The molecule has 1 aromatic rings. The zero-order valence-corrected chi connectivity index (χ0v) is 13.8. The van der Waals surface area contributed by atoms with E-state index in [4.69, 9.17) is 26.7 Å². The van der Waals surface area contributed by atoms with Gasteiger partial charge in [-0.3, -0.25) is 0 Å². The Bertz CT molecular complexity index is 496. The summed E-state index contributed by atoms with van der Waals surface area (Å²) in [7, 11) is 1.86. The molecule has 0 aliphatic carbocycles. The lowest BCUT2D eigenvalue weighted by atomic mass is 10.3. The molecule has 0 bridgehead atoms. The molecule has 2 saturated heterocycles. The molecular weight excluding hydrogens is 308 g/mol. The highest BCUT2D eigenvalue weighted by atomic mass is 32.1.